The van der Waals surface area contributed by atoms with Gasteiger partial charge in [-0.1, -0.05) is 108 Å². The van der Waals surface area contributed by atoms with Gasteiger partial charge in [0.25, 0.3) is 0 Å². The number of benzene rings is 3. The zero-order chi connectivity index (χ0) is 15.0. The van der Waals surface area contributed by atoms with Crippen LogP contribution in [0.15, 0.2) is 91.0 Å². The monoisotopic (exact) mass is 322 g/mol. The van der Waals surface area contributed by atoms with Gasteiger partial charge in [-0.3, -0.25) is 4.70 Å². The quantitative estimate of drug-likeness (QED) is 0.577. The molecule has 0 N–H and O–H groups in total. The van der Waals surface area contributed by atoms with E-state index in [0.717, 1.165) is 0 Å². The van der Waals surface area contributed by atoms with Crippen LogP contribution in [-0.2, 0) is 18.1 Å². The van der Waals surface area contributed by atoms with Crippen molar-refractivity contribution in [3.63, 3.8) is 0 Å². The minimum Gasteiger partial charge on any atom is -0.269 e. The Kier molecular flexibility index (Phi) is 6.76. The molecule has 3 aromatic rings. The second kappa shape index (κ2) is 9.06. The SMILES string of the molecule is F.c1ccc(C[SiH](Cc2ccccc2)Cc2ccccc2)cc1. The summed E-state index contributed by atoms with van der Waals surface area (Å²) in [4.78, 5) is 0. The molecule has 0 unspecified atom stereocenters. The molecule has 0 aliphatic carbocycles. The van der Waals surface area contributed by atoms with Gasteiger partial charge >= 0.3 is 0 Å². The first-order chi connectivity index (χ1) is 10.9. The first-order valence-electron chi connectivity index (χ1n) is 8.02. The predicted molar refractivity (Wildman–Crippen MR) is 100 cm³/mol. The van der Waals surface area contributed by atoms with Crippen LogP contribution in [0.25, 0.3) is 0 Å². The van der Waals surface area contributed by atoms with E-state index in [4.69, 9.17) is 0 Å². The van der Waals surface area contributed by atoms with Gasteiger partial charge in [0.1, 0.15) is 0 Å². The minimum absolute atomic E-state index is 0. The Hall–Kier alpha value is -2.19. The van der Waals surface area contributed by atoms with E-state index < -0.39 is 8.80 Å². The molecule has 0 fully saturated rings. The lowest BCUT2D eigenvalue weighted by molar-refractivity contribution is 1.11. The van der Waals surface area contributed by atoms with Crippen LogP contribution in [0, 0.1) is 0 Å². The van der Waals surface area contributed by atoms with Crippen molar-refractivity contribution in [2.75, 3.05) is 0 Å². The molecule has 0 amide bonds. The van der Waals surface area contributed by atoms with Gasteiger partial charge in [-0.15, -0.1) is 0 Å². The van der Waals surface area contributed by atoms with Crippen LogP contribution in [0.3, 0.4) is 0 Å². The maximum Gasteiger partial charge on any atom is 0.0501 e. The van der Waals surface area contributed by atoms with Crippen LogP contribution < -0.4 is 0 Å². The number of halogens is 1. The number of hydrogen-bond acceptors (Lipinski definition) is 0. The van der Waals surface area contributed by atoms with Crippen LogP contribution in [-0.4, -0.2) is 8.80 Å². The minimum atomic E-state index is -0.914. The lowest BCUT2D eigenvalue weighted by Gasteiger charge is -2.16. The Morgan fingerprint density at radius 3 is 0.957 bits per heavy atom. The van der Waals surface area contributed by atoms with Gasteiger partial charge < -0.3 is 0 Å². The molecule has 0 bridgehead atoms. The van der Waals surface area contributed by atoms with Gasteiger partial charge in [-0.05, 0) is 18.1 Å². The Labute approximate surface area is 139 Å². The van der Waals surface area contributed by atoms with Crippen molar-refractivity contribution in [3.8, 4) is 0 Å². The average molecular weight is 322 g/mol. The van der Waals surface area contributed by atoms with Gasteiger partial charge in [-0.2, -0.15) is 0 Å². The summed E-state index contributed by atoms with van der Waals surface area (Å²) < 4.78 is 0. The molecule has 118 valence electrons. The fraction of sp³-hybridized carbons (Fsp3) is 0.143. The lowest BCUT2D eigenvalue weighted by atomic mass is 10.2. The highest BCUT2D eigenvalue weighted by Gasteiger charge is 2.13. The number of rotatable bonds is 6. The summed E-state index contributed by atoms with van der Waals surface area (Å²) in [5.74, 6) is 0. The van der Waals surface area contributed by atoms with Crippen molar-refractivity contribution >= 4 is 8.80 Å². The Morgan fingerprint density at radius 1 is 0.435 bits per heavy atom. The van der Waals surface area contributed by atoms with Gasteiger partial charge in [0, 0.05) is 0 Å². The van der Waals surface area contributed by atoms with Gasteiger partial charge in [0.05, 0.1) is 8.80 Å². The van der Waals surface area contributed by atoms with E-state index in [0.29, 0.717) is 0 Å². The predicted octanol–water partition coefficient (Wildman–Crippen LogP) is 4.71. The topological polar surface area (TPSA) is 0 Å². The molecule has 0 aliphatic rings. The molecule has 0 saturated heterocycles. The van der Waals surface area contributed by atoms with Crippen molar-refractivity contribution < 1.29 is 4.70 Å². The standard InChI is InChI=1S/C21H22Si.FH/c1-4-10-19(11-5-1)16-22(17-20-12-6-2-7-13-20)18-21-14-8-3-9-15-21;/h1-15,22H,16-18H2;1H. The van der Waals surface area contributed by atoms with Crippen LogP contribution in [0.5, 0.6) is 0 Å². The summed E-state index contributed by atoms with van der Waals surface area (Å²) in [5.41, 5.74) is 4.48. The lowest BCUT2D eigenvalue weighted by Crippen LogP contribution is -2.24. The molecule has 23 heavy (non-hydrogen) atoms. The first-order valence-corrected chi connectivity index (χ1v) is 10.5. The van der Waals surface area contributed by atoms with Crippen molar-refractivity contribution in [2.24, 2.45) is 0 Å². The van der Waals surface area contributed by atoms with E-state index in [1.807, 2.05) is 0 Å². The van der Waals surface area contributed by atoms with Gasteiger partial charge in [0.2, 0.25) is 0 Å². The molecular formula is C21H23FSi. The molecule has 0 nitrogen and oxygen atoms in total. The maximum absolute atomic E-state index is 2.27. The van der Waals surface area contributed by atoms with Crippen LogP contribution in [0.2, 0.25) is 0 Å². The highest BCUT2D eigenvalue weighted by Crippen LogP contribution is 2.13. The van der Waals surface area contributed by atoms with E-state index in [-0.39, 0.29) is 4.70 Å². The van der Waals surface area contributed by atoms with E-state index in [9.17, 15) is 0 Å². The summed E-state index contributed by atoms with van der Waals surface area (Å²) >= 11 is 0. The van der Waals surface area contributed by atoms with E-state index in [1.54, 1.807) is 0 Å². The Morgan fingerprint density at radius 2 is 0.696 bits per heavy atom. The molecule has 3 rings (SSSR count). The fourth-order valence-corrected chi connectivity index (χ4v) is 6.31. The van der Waals surface area contributed by atoms with Gasteiger partial charge in [0.15, 0.2) is 0 Å². The molecule has 0 radical (unpaired) electrons. The zero-order valence-electron chi connectivity index (χ0n) is 13.3. The summed E-state index contributed by atoms with van der Waals surface area (Å²) in [7, 11) is -0.914. The zero-order valence-corrected chi connectivity index (χ0v) is 14.4. The average Bonchev–Trinajstić information content (AvgIpc) is 2.57. The van der Waals surface area contributed by atoms with E-state index in [2.05, 4.69) is 91.0 Å². The summed E-state index contributed by atoms with van der Waals surface area (Å²) in [6.07, 6.45) is 0. The highest BCUT2D eigenvalue weighted by atomic mass is 28.3. The summed E-state index contributed by atoms with van der Waals surface area (Å²) in [6, 6.07) is 36.7. The smallest absolute Gasteiger partial charge is 0.0501 e. The third kappa shape index (κ3) is 5.50. The van der Waals surface area contributed by atoms with Gasteiger partial charge in [-0.25, -0.2) is 0 Å². The van der Waals surface area contributed by atoms with E-state index in [1.165, 1.54) is 34.8 Å². The third-order valence-electron chi connectivity index (χ3n) is 4.10. The number of hydrogen-bond donors (Lipinski definition) is 0. The molecule has 3 aromatic carbocycles. The van der Waals surface area contributed by atoms with Crippen molar-refractivity contribution in [2.45, 2.75) is 18.1 Å². The van der Waals surface area contributed by atoms with Crippen LogP contribution in [0.4, 0.5) is 4.70 Å². The molecule has 0 saturated carbocycles. The van der Waals surface area contributed by atoms with Crippen LogP contribution in [0.1, 0.15) is 16.7 Å². The maximum atomic E-state index is 2.27. The molecule has 0 atom stereocenters. The molecule has 0 spiro atoms. The second-order valence-electron chi connectivity index (χ2n) is 5.94. The molecule has 2 heteroatoms. The summed E-state index contributed by atoms with van der Waals surface area (Å²) in [5, 5.41) is 0. The Balaban J connectivity index is 0.00000192. The van der Waals surface area contributed by atoms with E-state index >= 15 is 0 Å². The van der Waals surface area contributed by atoms with Crippen molar-refractivity contribution in [1.29, 1.82) is 0 Å². The Bertz CT molecular complexity index is 569. The van der Waals surface area contributed by atoms with Crippen LogP contribution >= 0.6 is 0 Å². The largest absolute Gasteiger partial charge is 0.269 e. The normalized spacial score (nSPS) is 10.3. The van der Waals surface area contributed by atoms with Crippen molar-refractivity contribution in [3.05, 3.63) is 108 Å². The molecule has 0 aromatic heterocycles. The highest BCUT2D eigenvalue weighted by molar-refractivity contribution is 6.57. The third-order valence-corrected chi connectivity index (χ3v) is 7.25. The first kappa shape index (κ1) is 17.2. The van der Waals surface area contributed by atoms with Crippen molar-refractivity contribution in [1.82, 2.24) is 0 Å². The molecule has 0 aliphatic heterocycles. The second-order valence-corrected chi connectivity index (χ2v) is 8.89. The molecule has 0 heterocycles. The summed E-state index contributed by atoms with van der Waals surface area (Å²) in [6.45, 7) is 0. The fourth-order valence-electron chi connectivity index (χ4n) is 3.06. The molecular weight excluding hydrogens is 299 g/mol.